The van der Waals surface area contributed by atoms with E-state index >= 15 is 0 Å². The summed E-state index contributed by atoms with van der Waals surface area (Å²) in [5.74, 6) is -0.801. The maximum atomic E-state index is 11.0. The molecule has 0 aromatic heterocycles. The van der Waals surface area contributed by atoms with E-state index in [4.69, 9.17) is 5.11 Å². The molecule has 0 amide bonds. The maximum Gasteiger partial charge on any atom is 0.330 e. The van der Waals surface area contributed by atoms with Crippen LogP contribution in [0, 0.1) is 0 Å². The third kappa shape index (κ3) is 5.66. The van der Waals surface area contributed by atoms with Gasteiger partial charge in [0.05, 0.1) is 0 Å². The molecule has 0 fully saturated rings. The zero-order chi connectivity index (χ0) is 15.6. The molecule has 0 bridgehead atoms. The average molecular weight is 283 g/mol. The second-order valence-electron chi connectivity index (χ2n) is 5.65. The predicted molar refractivity (Wildman–Crippen MR) is 86.1 cm³/mol. The lowest BCUT2D eigenvalue weighted by Gasteiger charge is -2.43. The highest BCUT2D eigenvalue weighted by atomic mass is 16.4. The molecule has 3 nitrogen and oxygen atoms in total. The Balaban J connectivity index is 5.25. The van der Waals surface area contributed by atoms with Gasteiger partial charge in [0.15, 0.2) is 0 Å². The number of nitrogens with zero attached hydrogens (tertiary/aromatic N) is 1. The first-order valence-corrected chi connectivity index (χ1v) is 8.12. The second-order valence-corrected chi connectivity index (χ2v) is 5.65. The van der Waals surface area contributed by atoms with Gasteiger partial charge in [0.1, 0.15) is 0 Å². The van der Waals surface area contributed by atoms with Crippen molar-refractivity contribution in [3.05, 3.63) is 11.6 Å². The van der Waals surface area contributed by atoms with E-state index < -0.39 is 5.97 Å². The van der Waals surface area contributed by atoms with Gasteiger partial charge < -0.3 is 5.11 Å². The zero-order valence-electron chi connectivity index (χ0n) is 14.0. The van der Waals surface area contributed by atoms with Crippen molar-refractivity contribution >= 4 is 5.97 Å². The Hall–Kier alpha value is -0.830. The highest BCUT2D eigenvalue weighted by Gasteiger charge is 2.32. The molecule has 1 N–H and O–H groups in total. The van der Waals surface area contributed by atoms with Crippen LogP contribution in [0.1, 0.15) is 73.1 Å². The van der Waals surface area contributed by atoms with Gasteiger partial charge in [-0.3, -0.25) is 4.90 Å². The summed E-state index contributed by atoms with van der Waals surface area (Å²) in [5, 5.41) is 9.06. The molecule has 0 saturated heterocycles. The molecule has 0 aliphatic heterocycles. The van der Waals surface area contributed by atoms with Crippen LogP contribution in [0.4, 0.5) is 0 Å². The van der Waals surface area contributed by atoms with Gasteiger partial charge in [0, 0.05) is 11.1 Å². The molecule has 0 spiro atoms. The molecule has 1 atom stereocenters. The molecular formula is C17H33NO2. The summed E-state index contributed by atoms with van der Waals surface area (Å²) in [6, 6.07) is 0. The SMILES string of the molecule is CCCCC(C/C=C(\C)C(=O)O)(CCC)N(CC)CC. The van der Waals surface area contributed by atoms with Crippen molar-refractivity contribution in [1.82, 2.24) is 4.90 Å². The number of rotatable bonds is 11. The Morgan fingerprint density at radius 2 is 1.70 bits per heavy atom. The Labute approximate surface area is 125 Å². The summed E-state index contributed by atoms with van der Waals surface area (Å²) >= 11 is 0. The van der Waals surface area contributed by atoms with Crippen LogP contribution in [-0.2, 0) is 4.79 Å². The Morgan fingerprint density at radius 3 is 2.10 bits per heavy atom. The first kappa shape index (κ1) is 19.2. The van der Waals surface area contributed by atoms with Gasteiger partial charge in [-0.05, 0) is 39.3 Å². The smallest absolute Gasteiger partial charge is 0.330 e. The summed E-state index contributed by atoms with van der Waals surface area (Å²) in [6.45, 7) is 12.6. The van der Waals surface area contributed by atoms with E-state index in [2.05, 4.69) is 32.6 Å². The van der Waals surface area contributed by atoms with Crippen LogP contribution in [0.5, 0.6) is 0 Å². The topological polar surface area (TPSA) is 40.5 Å². The van der Waals surface area contributed by atoms with E-state index in [1.54, 1.807) is 6.92 Å². The third-order valence-electron chi connectivity index (χ3n) is 4.27. The molecule has 0 aliphatic carbocycles. The van der Waals surface area contributed by atoms with Crippen LogP contribution >= 0.6 is 0 Å². The van der Waals surface area contributed by atoms with Gasteiger partial charge in [-0.15, -0.1) is 0 Å². The number of unbranched alkanes of at least 4 members (excludes halogenated alkanes) is 1. The van der Waals surface area contributed by atoms with Gasteiger partial charge in [0.25, 0.3) is 0 Å². The molecule has 0 saturated carbocycles. The number of carbonyl (C=O) groups is 1. The molecule has 118 valence electrons. The van der Waals surface area contributed by atoms with Gasteiger partial charge in [0.2, 0.25) is 0 Å². The molecular weight excluding hydrogens is 250 g/mol. The van der Waals surface area contributed by atoms with E-state index in [1.165, 1.54) is 12.8 Å². The zero-order valence-corrected chi connectivity index (χ0v) is 14.0. The standard InChI is InChI=1S/C17H33NO2/c1-6-10-13-17(12-7-2,18(8-3)9-4)14-11-15(5)16(19)20/h11H,6-10,12-14H2,1-5H3,(H,19,20)/b15-11+. The lowest BCUT2D eigenvalue weighted by atomic mass is 9.82. The van der Waals surface area contributed by atoms with Crippen LogP contribution in [0.2, 0.25) is 0 Å². The minimum atomic E-state index is -0.801. The average Bonchev–Trinajstić information content (AvgIpc) is 2.43. The number of hydrogen-bond acceptors (Lipinski definition) is 2. The summed E-state index contributed by atoms with van der Waals surface area (Å²) < 4.78 is 0. The van der Waals surface area contributed by atoms with E-state index in [-0.39, 0.29) is 5.54 Å². The van der Waals surface area contributed by atoms with Gasteiger partial charge in [-0.1, -0.05) is 53.0 Å². The molecule has 0 rings (SSSR count). The highest BCUT2D eigenvalue weighted by molar-refractivity contribution is 5.85. The second kappa shape index (κ2) is 9.98. The monoisotopic (exact) mass is 283 g/mol. The molecule has 20 heavy (non-hydrogen) atoms. The first-order valence-electron chi connectivity index (χ1n) is 8.12. The van der Waals surface area contributed by atoms with E-state index in [1.807, 2.05) is 6.08 Å². The molecule has 0 heterocycles. The van der Waals surface area contributed by atoms with Crippen molar-refractivity contribution in [2.75, 3.05) is 13.1 Å². The van der Waals surface area contributed by atoms with Crippen molar-refractivity contribution < 1.29 is 9.90 Å². The molecule has 0 aliphatic rings. The van der Waals surface area contributed by atoms with Gasteiger partial charge >= 0.3 is 5.97 Å². The van der Waals surface area contributed by atoms with Crippen LogP contribution in [-0.4, -0.2) is 34.6 Å². The van der Waals surface area contributed by atoms with Crippen LogP contribution in [0.25, 0.3) is 0 Å². The molecule has 0 radical (unpaired) electrons. The van der Waals surface area contributed by atoms with Crippen molar-refractivity contribution in [1.29, 1.82) is 0 Å². The van der Waals surface area contributed by atoms with Crippen molar-refractivity contribution in [2.45, 2.75) is 78.7 Å². The summed E-state index contributed by atoms with van der Waals surface area (Å²) in [5.41, 5.74) is 0.597. The minimum absolute atomic E-state index is 0.130. The number of aliphatic carboxylic acids is 1. The van der Waals surface area contributed by atoms with E-state index in [9.17, 15) is 4.79 Å². The van der Waals surface area contributed by atoms with Crippen LogP contribution < -0.4 is 0 Å². The Kier molecular flexibility index (Phi) is 9.56. The summed E-state index contributed by atoms with van der Waals surface area (Å²) in [6.07, 6.45) is 8.60. The fourth-order valence-electron chi connectivity index (χ4n) is 3.07. The Morgan fingerprint density at radius 1 is 1.10 bits per heavy atom. The van der Waals surface area contributed by atoms with Crippen molar-refractivity contribution in [2.24, 2.45) is 0 Å². The molecule has 3 heteroatoms. The minimum Gasteiger partial charge on any atom is -0.478 e. The normalized spacial score (nSPS) is 15.4. The van der Waals surface area contributed by atoms with Crippen LogP contribution in [0.3, 0.4) is 0 Å². The first-order chi connectivity index (χ1) is 9.47. The predicted octanol–water partition coefficient (Wildman–Crippen LogP) is 4.48. The highest BCUT2D eigenvalue weighted by Crippen LogP contribution is 2.32. The fraction of sp³-hybridized carbons (Fsp3) is 0.824. The van der Waals surface area contributed by atoms with Gasteiger partial charge in [-0.2, -0.15) is 0 Å². The third-order valence-corrected chi connectivity index (χ3v) is 4.27. The number of carboxylic acid groups (broad SMARTS) is 1. The fourth-order valence-corrected chi connectivity index (χ4v) is 3.07. The van der Waals surface area contributed by atoms with Gasteiger partial charge in [-0.25, -0.2) is 4.79 Å². The molecule has 0 aromatic rings. The molecule has 1 unspecified atom stereocenters. The number of carboxylic acids is 1. The molecule has 0 aromatic carbocycles. The van der Waals surface area contributed by atoms with Crippen LogP contribution in [0.15, 0.2) is 11.6 Å². The lowest BCUT2D eigenvalue weighted by molar-refractivity contribution is -0.132. The quantitative estimate of drug-likeness (QED) is 0.568. The summed E-state index contributed by atoms with van der Waals surface area (Å²) in [4.78, 5) is 13.5. The van der Waals surface area contributed by atoms with E-state index in [0.29, 0.717) is 5.57 Å². The van der Waals surface area contributed by atoms with Crippen molar-refractivity contribution in [3.8, 4) is 0 Å². The largest absolute Gasteiger partial charge is 0.478 e. The maximum absolute atomic E-state index is 11.0. The van der Waals surface area contributed by atoms with E-state index in [0.717, 1.165) is 38.8 Å². The lowest BCUT2D eigenvalue weighted by Crippen LogP contribution is -2.48. The summed E-state index contributed by atoms with van der Waals surface area (Å²) in [7, 11) is 0. The number of hydrogen-bond donors (Lipinski definition) is 1. The van der Waals surface area contributed by atoms with Crippen molar-refractivity contribution in [3.63, 3.8) is 0 Å². The Bertz CT molecular complexity index is 308.